The van der Waals surface area contributed by atoms with Gasteiger partial charge in [0.2, 0.25) is 0 Å². The summed E-state index contributed by atoms with van der Waals surface area (Å²) in [5.74, 6) is -0.164. The van der Waals surface area contributed by atoms with Crippen molar-refractivity contribution in [2.24, 2.45) is 0 Å². The quantitative estimate of drug-likeness (QED) is 0.823. The molecule has 2 saturated carbocycles. The van der Waals surface area contributed by atoms with E-state index in [9.17, 15) is 13.6 Å². The van der Waals surface area contributed by atoms with E-state index >= 15 is 0 Å². The molecule has 1 aromatic rings. The Kier molecular flexibility index (Phi) is 5.28. The lowest BCUT2D eigenvalue weighted by atomic mass is 9.88. The Bertz CT molecular complexity index is 502. The minimum absolute atomic E-state index is 0.154. The number of halogens is 2. The normalized spacial score (nSPS) is 20.8. The van der Waals surface area contributed by atoms with Gasteiger partial charge in [-0.25, -0.2) is 4.68 Å². The summed E-state index contributed by atoms with van der Waals surface area (Å²) >= 11 is 0. The smallest absolute Gasteiger partial charge is 0.331 e. The lowest BCUT2D eigenvalue weighted by Gasteiger charge is -2.41. The molecular formula is C17H25F2N3O. The second-order valence-corrected chi connectivity index (χ2v) is 6.75. The molecule has 0 saturated heterocycles. The van der Waals surface area contributed by atoms with Crippen LogP contribution in [0.1, 0.15) is 81.2 Å². The van der Waals surface area contributed by atoms with Crippen LogP contribution >= 0.6 is 0 Å². The first kappa shape index (κ1) is 16.4. The third-order valence-electron chi connectivity index (χ3n) is 5.20. The van der Waals surface area contributed by atoms with Crippen LogP contribution in [-0.2, 0) is 0 Å². The van der Waals surface area contributed by atoms with Gasteiger partial charge in [0.1, 0.15) is 0 Å². The molecule has 0 aromatic carbocycles. The molecule has 1 aromatic heterocycles. The summed E-state index contributed by atoms with van der Waals surface area (Å²) < 4.78 is 26.0. The van der Waals surface area contributed by atoms with Crippen LogP contribution in [0, 0.1) is 0 Å². The van der Waals surface area contributed by atoms with E-state index in [2.05, 4.69) is 5.10 Å². The Morgan fingerprint density at radius 2 is 1.57 bits per heavy atom. The molecule has 0 N–H and O–H groups in total. The first-order chi connectivity index (χ1) is 11.2. The Morgan fingerprint density at radius 1 is 1.04 bits per heavy atom. The summed E-state index contributed by atoms with van der Waals surface area (Å²) in [7, 11) is 0. The number of carbonyl (C=O) groups excluding carboxylic acids is 1. The Hall–Kier alpha value is -1.46. The molecule has 4 nitrogen and oxygen atoms in total. The summed E-state index contributed by atoms with van der Waals surface area (Å²) in [6.07, 6.45) is 12.3. The van der Waals surface area contributed by atoms with E-state index in [0.29, 0.717) is 4.68 Å². The molecule has 2 aliphatic rings. The Morgan fingerprint density at radius 3 is 2.00 bits per heavy atom. The summed E-state index contributed by atoms with van der Waals surface area (Å²) in [6, 6.07) is 1.92. The maximum Gasteiger partial charge on any atom is 0.333 e. The fourth-order valence-corrected chi connectivity index (χ4v) is 4.04. The molecule has 0 spiro atoms. The molecule has 0 radical (unpaired) electrons. The standard InChI is InChI=1S/C17H25F2N3O/c18-17(19)21-12-11-15(20-21)16(23)22(13-7-3-1-4-8-13)14-9-5-2-6-10-14/h11-14,17H,1-10H2. The van der Waals surface area contributed by atoms with Crippen molar-refractivity contribution in [3.63, 3.8) is 0 Å². The minimum Gasteiger partial charge on any atom is -0.331 e. The van der Waals surface area contributed by atoms with Crippen molar-refractivity contribution < 1.29 is 13.6 Å². The van der Waals surface area contributed by atoms with Gasteiger partial charge < -0.3 is 4.90 Å². The van der Waals surface area contributed by atoms with E-state index < -0.39 is 6.55 Å². The van der Waals surface area contributed by atoms with E-state index in [1.807, 2.05) is 4.90 Å². The van der Waals surface area contributed by atoms with Gasteiger partial charge in [0.25, 0.3) is 5.91 Å². The lowest BCUT2D eigenvalue weighted by Crippen LogP contribution is -2.49. The van der Waals surface area contributed by atoms with Gasteiger partial charge >= 0.3 is 6.55 Å². The van der Waals surface area contributed by atoms with Gasteiger partial charge in [-0.1, -0.05) is 38.5 Å². The molecule has 128 valence electrons. The van der Waals surface area contributed by atoms with Gasteiger partial charge in [-0.15, -0.1) is 0 Å². The predicted molar refractivity (Wildman–Crippen MR) is 83.4 cm³/mol. The molecule has 2 aliphatic carbocycles. The van der Waals surface area contributed by atoms with E-state index in [-0.39, 0.29) is 23.7 Å². The summed E-state index contributed by atoms with van der Waals surface area (Å²) in [4.78, 5) is 15.0. The predicted octanol–water partition coefficient (Wildman–Crippen LogP) is 4.39. The maximum atomic E-state index is 13.0. The second-order valence-electron chi connectivity index (χ2n) is 6.75. The van der Waals surface area contributed by atoms with E-state index in [1.54, 1.807) is 0 Å². The van der Waals surface area contributed by atoms with Crippen molar-refractivity contribution in [2.45, 2.75) is 82.8 Å². The number of nitrogens with zero attached hydrogens (tertiary/aromatic N) is 3. The Balaban J connectivity index is 1.81. The van der Waals surface area contributed by atoms with Crippen molar-refractivity contribution in [3.05, 3.63) is 18.0 Å². The third-order valence-corrected chi connectivity index (χ3v) is 5.20. The fraction of sp³-hybridized carbons (Fsp3) is 0.765. The molecular weight excluding hydrogens is 300 g/mol. The summed E-state index contributed by atoms with van der Waals surface area (Å²) in [5.41, 5.74) is 0.154. The van der Waals surface area contributed by atoms with Crippen LogP contribution in [0.2, 0.25) is 0 Å². The monoisotopic (exact) mass is 325 g/mol. The zero-order valence-electron chi connectivity index (χ0n) is 13.5. The van der Waals surface area contributed by atoms with Crippen LogP contribution in [0.4, 0.5) is 8.78 Å². The molecule has 2 fully saturated rings. The highest BCUT2D eigenvalue weighted by Crippen LogP contribution is 2.31. The number of alkyl halides is 2. The van der Waals surface area contributed by atoms with Gasteiger partial charge in [-0.05, 0) is 31.7 Å². The maximum absolute atomic E-state index is 13.0. The molecule has 0 aliphatic heterocycles. The third kappa shape index (κ3) is 3.72. The zero-order valence-corrected chi connectivity index (χ0v) is 13.5. The average Bonchev–Trinajstić information content (AvgIpc) is 3.07. The first-order valence-electron chi connectivity index (χ1n) is 8.83. The first-order valence-corrected chi connectivity index (χ1v) is 8.83. The SMILES string of the molecule is O=C(c1ccn(C(F)F)n1)N(C1CCCCC1)C1CCCCC1. The highest BCUT2D eigenvalue weighted by Gasteiger charge is 2.34. The topological polar surface area (TPSA) is 38.1 Å². The molecule has 1 heterocycles. The highest BCUT2D eigenvalue weighted by atomic mass is 19.3. The number of aromatic nitrogens is 2. The van der Waals surface area contributed by atoms with Crippen molar-refractivity contribution in [2.75, 3.05) is 0 Å². The number of carbonyl (C=O) groups is 1. The van der Waals surface area contributed by atoms with Crippen LogP contribution in [0.25, 0.3) is 0 Å². The van der Waals surface area contributed by atoms with Crippen LogP contribution in [0.5, 0.6) is 0 Å². The van der Waals surface area contributed by atoms with Crippen LogP contribution < -0.4 is 0 Å². The molecule has 0 bridgehead atoms. The van der Waals surface area contributed by atoms with Crippen molar-refractivity contribution >= 4 is 5.91 Å². The average molecular weight is 325 g/mol. The van der Waals surface area contributed by atoms with Gasteiger partial charge in [0.15, 0.2) is 5.69 Å². The molecule has 0 unspecified atom stereocenters. The van der Waals surface area contributed by atoms with Crippen LogP contribution in [0.15, 0.2) is 12.3 Å². The van der Waals surface area contributed by atoms with Gasteiger partial charge in [0.05, 0.1) is 0 Å². The number of hydrogen-bond donors (Lipinski definition) is 0. The van der Waals surface area contributed by atoms with E-state index in [1.165, 1.54) is 25.1 Å². The van der Waals surface area contributed by atoms with Crippen molar-refractivity contribution in [1.29, 1.82) is 0 Å². The molecule has 23 heavy (non-hydrogen) atoms. The highest BCUT2D eigenvalue weighted by molar-refractivity contribution is 5.92. The Labute approximate surface area is 135 Å². The second kappa shape index (κ2) is 7.41. The largest absolute Gasteiger partial charge is 0.333 e. The number of hydrogen-bond acceptors (Lipinski definition) is 2. The number of rotatable bonds is 4. The van der Waals surface area contributed by atoms with Gasteiger partial charge in [0, 0.05) is 18.3 Å². The van der Waals surface area contributed by atoms with Gasteiger partial charge in [-0.3, -0.25) is 4.79 Å². The molecule has 3 rings (SSSR count). The van der Waals surface area contributed by atoms with Gasteiger partial charge in [-0.2, -0.15) is 13.9 Å². The molecule has 1 amide bonds. The van der Waals surface area contributed by atoms with Crippen LogP contribution in [-0.4, -0.2) is 32.7 Å². The summed E-state index contributed by atoms with van der Waals surface area (Å²) in [5, 5.41) is 3.80. The fourth-order valence-electron chi connectivity index (χ4n) is 4.04. The zero-order chi connectivity index (χ0) is 16.2. The minimum atomic E-state index is -2.70. The molecule has 0 atom stereocenters. The number of amides is 1. The van der Waals surface area contributed by atoms with E-state index in [0.717, 1.165) is 51.4 Å². The lowest BCUT2D eigenvalue weighted by molar-refractivity contribution is 0.0422. The van der Waals surface area contributed by atoms with Crippen LogP contribution in [0.3, 0.4) is 0 Å². The van der Waals surface area contributed by atoms with Crippen molar-refractivity contribution in [1.82, 2.24) is 14.7 Å². The van der Waals surface area contributed by atoms with E-state index in [4.69, 9.17) is 0 Å². The molecule has 6 heteroatoms. The summed E-state index contributed by atoms with van der Waals surface area (Å²) in [6.45, 7) is -2.70. The van der Waals surface area contributed by atoms with Crippen molar-refractivity contribution in [3.8, 4) is 0 Å².